The molecule has 0 saturated heterocycles. The Kier molecular flexibility index (Phi) is 2.13. The van der Waals surface area contributed by atoms with Crippen molar-refractivity contribution in [1.29, 1.82) is 0 Å². The van der Waals surface area contributed by atoms with Crippen molar-refractivity contribution < 1.29 is 4.42 Å². The Balaban J connectivity index is 2.14. The zero-order valence-corrected chi connectivity index (χ0v) is 13.0. The highest BCUT2D eigenvalue weighted by atomic mass is 16.4. The van der Waals surface area contributed by atoms with E-state index in [2.05, 4.69) is 36.4 Å². The lowest BCUT2D eigenvalue weighted by Crippen LogP contribution is -1.94. The largest absolute Gasteiger partial charge is 0.386 e. The van der Waals surface area contributed by atoms with E-state index in [1.807, 2.05) is 24.3 Å². The van der Waals surface area contributed by atoms with Gasteiger partial charge in [-0.3, -0.25) is 0 Å². The monoisotopic (exact) mass is 322 g/mol. The SMILES string of the molecule is O=c1oc(=O)c2c1cc1c3cccc4cccc(c5cccc2c51)c43. The molecule has 0 bridgehead atoms. The van der Waals surface area contributed by atoms with Gasteiger partial charge in [-0.2, -0.15) is 0 Å². The van der Waals surface area contributed by atoms with Gasteiger partial charge in [0.15, 0.2) is 0 Å². The number of hydrogen-bond acceptors (Lipinski definition) is 3. The summed E-state index contributed by atoms with van der Waals surface area (Å²) in [6.45, 7) is 0. The molecule has 6 aromatic rings. The van der Waals surface area contributed by atoms with Crippen molar-refractivity contribution in [3.05, 3.63) is 81.5 Å². The zero-order chi connectivity index (χ0) is 16.7. The van der Waals surface area contributed by atoms with Crippen LogP contribution in [-0.4, -0.2) is 0 Å². The number of rotatable bonds is 0. The topological polar surface area (TPSA) is 47.3 Å². The molecule has 116 valence electrons. The van der Waals surface area contributed by atoms with Crippen LogP contribution in [0.3, 0.4) is 0 Å². The van der Waals surface area contributed by atoms with E-state index in [1.54, 1.807) is 0 Å². The lowest BCUT2D eigenvalue weighted by atomic mass is 9.88. The van der Waals surface area contributed by atoms with Gasteiger partial charge < -0.3 is 4.42 Å². The maximum Gasteiger partial charge on any atom is 0.347 e. The Morgan fingerprint density at radius 3 is 1.88 bits per heavy atom. The van der Waals surface area contributed by atoms with E-state index in [9.17, 15) is 9.59 Å². The van der Waals surface area contributed by atoms with Crippen LogP contribution in [0.5, 0.6) is 0 Å². The predicted octanol–water partition coefficient (Wildman–Crippen LogP) is 4.64. The molecule has 6 rings (SSSR count). The van der Waals surface area contributed by atoms with Crippen LogP contribution in [-0.2, 0) is 0 Å². The van der Waals surface area contributed by atoms with Crippen molar-refractivity contribution in [2.75, 3.05) is 0 Å². The van der Waals surface area contributed by atoms with Gasteiger partial charge in [0, 0.05) is 0 Å². The average Bonchev–Trinajstić information content (AvgIpc) is 2.93. The first-order chi connectivity index (χ1) is 12.2. The zero-order valence-electron chi connectivity index (χ0n) is 13.0. The molecule has 0 radical (unpaired) electrons. The molecular weight excluding hydrogens is 312 g/mol. The Bertz CT molecular complexity index is 1570. The second kappa shape index (κ2) is 4.14. The second-order valence-electron chi connectivity index (χ2n) is 6.46. The van der Waals surface area contributed by atoms with Crippen LogP contribution in [0.2, 0.25) is 0 Å². The van der Waals surface area contributed by atoms with Crippen molar-refractivity contribution in [2.45, 2.75) is 0 Å². The molecule has 0 N–H and O–H groups in total. The van der Waals surface area contributed by atoms with E-state index in [1.165, 1.54) is 5.39 Å². The van der Waals surface area contributed by atoms with Gasteiger partial charge >= 0.3 is 11.3 Å². The average molecular weight is 322 g/mol. The maximum atomic E-state index is 12.2. The summed E-state index contributed by atoms with van der Waals surface area (Å²) >= 11 is 0. The van der Waals surface area contributed by atoms with E-state index >= 15 is 0 Å². The fourth-order valence-corrected chi connectivity index (χ4v) is 4.28. The van der Waals surface area contributed by atoms with Gasteiger partial charge in [-0.05, 0) is 49.2 Å². The molecule has 0 fully saturated rings. The summed E-state index contributed by atoms with van der Waals surface area (Å²) in [5, 5.41) is 9.21. The number of hydrogen-bond donors (Lipinski definition) is 0. The molecule has 0 amide bonds. The third-order valence-electron chi connectivity index (χ3n) is 5.26. The minimum absolute atomic E-state index is 0.362. The summed E-state index contributed by atoms with van der Waals surface area (Å²) in [4.78, 5) is 24.3. The summed E-state index contributed by atoms with van der Waals surface area (Å²) in [5.74, 6) is 0. The molecule has 3 heteroatoms. The molecular formula is C22H10O3. The minimum Gasteiger partial charge on any atom is -0.386 e. The van der Waals surface area contributed by atoms with Crippen molar-refractivity contribution in [1.82, 2.24) is 0 Å². The van der Waals surface area contributed by atoms with E-state index in [4.69, 9.17) is 4.42 Å². The fourth-order valence-electron chi connectivity index (χ4n) is 4.28. The van der Waals surface area contributed by atoms with Crippen LogP contribution in [0.1, 0.15) is 0 Å². The summed E-state index contributed by atoms with van der Waals surface area (Å²) in [6.07, 6.45) is 0. The second-order valence-corrected chi connectivity index (χ2v) is 6.46. The lowest BCUT2D eigenvalue weighted by Gasteiger charge is -2.14. The van der Waals surface area contributed by atoms with Gasteiger partial charge in [0.25, 0.3) is 0 Å². The highest BCUT2D eigenvalue weighted by Crippen LogP contribution is 2.41. The van der Waals surface area contributed by atoms with E-state index in [0.29, 0.717) is 10.8 Å². The van der Waals surface area contributed by atoms with E-state index in [-0.39, 0.29) is 0 Å². The Morgan fingerprint density at radius 2 is 1.12 bits per heavy atom. The molecule has 0 aliphatic rings. The molecule has 1 heterocycles. The van der Waals surface area contributed by atoms with Gasteiger partial charge in [0.2, 0.25) is 0 Å². The molecule has 3 nitrogen and oxygen atoms in total. The first kappa shape index (κ1) is 12.9. The summed E-state index contributed by atoms with van der Waals surface area (Å²) < 4.78 is 4.87. The van der Waals surface area contributed by atoms with Crippen LogP contribution < -0.4 is 11.3 Å². The standard InChI is InChI=1S/C22H10O3/c23-21-17-10-16-14-7-2-5-11-4-1-6-12(18(11)14)13-8-3-9-15(19(13)16)20(17)22(24)25-21/h1-10H. The Hall–Kier alpha value is -3.46. The summed E-state index contributed by atoms with van der Waals surface area (Å²) in [6, 6.07) is 20.2. The normalized spacial score (nSPS) is 12.3. The van der Waals surface area contributed by atoms with Gasteiger partial charge in [-0.1, -0.05) is 54.6 Å². The first-order valence-corrected chi connectivity index (χ1v) is 8.13. The lowest BCUT2D eigenvalue weighted by molar-refractivity contribution is 0.500. The van der Waals surface area contributed by atoms with Crippen LogP contribution in [0.15, 0.2) is 74.7 Å². The minimum atomic E-state index is -0.561. The Morgan fingerprint density at radius 1 is 0.520 bits per heavy atom. The maximum absolute atomic E-state index is 12.2. The van der Waals surface area contributed by atoms with Gasteiger partial charge in [0.1, 0.15) is 0 Å². The van der Waals surface area contributed by atoms with E-state index in [0.717, 1.165) is 37.7 Å². The number of fused-ring (bicyclic) bond motifs is 4. The molecule has 0 atom stereocenters. The molecule has 5 aromatic carbocycles. The third kappa shape index (κ3) is 1.42. The predicted molar refractivity (Wildman–Crippen MR) is 101 cm³/mol. The molecule has 0 aliphatic heterocycles. The van der Waals surface area contributed by atoms with E-state index < -0.39 is 11.3 Å². The molecule has 0 unspecified atom stereocenters. The quantitative estimate of drug-likeness (QED) is 0.302. The van der Waals surface area contributed by atoms with Crippen molar-refractivity contribution in [3.63, 3.8) is 0 Å². The van der Waals surface area contributed by atoms with Gasteiger partial charge in [0.05, 0.1) is 10.8 Å². The molecule has 25 heavy (non-hydrogen) atoms. The molecule has 1 aromatic heterocycles. The van der Waals surface area contributed by atoms with Crippen LogP contribution in [0, 0.1) is 0 Å². The van der Waals surface area contributed by atoms with Crippen molar-refractivity contribution >= 4 is 53.9 Å². The van der Waals surface area contributed by atoms with Crippen molar-refractivity contribution in [3.8, 4) is 0 Å². The highest BCUT2D eigenvalue weighted by molar-refractivity contribution is 6.36. The van der Waals surface area contributed by atoms with Crippen LogP contribution >= 0.6 is 0 Å². The Labute approximate surface area is 140 Å². The number of benzene rings is 5. The molecule has 0 aliphatic carbocycles. The van der Waals surface area contributed by atoms with Gasteiger partial charge in [-0.25, -0.2) is 9.59 Å². The van der Waals surface area contributed by atoms with Crippen molar-refractivity contribution in [2.24, 2.45) is 0 Å². The highest BCUT2D eigenvalue weighted by Gasteiger charge is 2.18. The first-order valence-electron chi connectivity index (χ1n) is 8.13. The third-order valence-corrected chi connectivity index (χ3v) is 5.26. The number of furan rings is 1. The van der Waals surface area contributed by atoms with Crippen LogP contribution in [0.4, 0.5) is 0 Å². The molecule has 0 spiro atoms. The molecule has 0 saturated carbocycles. The fraction of sp³-hybridized carbons (Fsp3) is 0. The van der Waals surface area contributed by atoms with Crippen LogP contribution in [0.25, 0.3) is 53.9 Å². The smallest absolute Gasteiger partial charge is 0.347 e. The van der Waals surface area contributed by atoms with Gasteiger partial charge in [-0.15, -0.1) is 0 Å². The summed E-state index contributed by atoms with van der Waals surface area (Å²) in [5.41, 5.74) is -1.12. The summed E-state index contributed by atoms with van der Waals surface area (Å²) in [7, 11) is 0.